The number of nitrogens with one attached hydrogen (secondary N) is 3. The van der Waals surface area contributed by atoms with E-state index in [2.05, 4.69) is 15.0 Å². The van der Waals surface area contributed by atoms with E-state index in [1.165, 1.54) is 24.5 Å². The maximum atomic E-state index is 13.3. The van der Waals surface area contributed by atoms with Gasteiger partial charge in [0.1, 0.15) is 5.54 Å². The van der Waals surface area contributed by atoms with Crippen molar-refractivity contribution in [2.24, 2.45) is 5.73 Å². The number of nitrogens with two attached hydrogens (primary N) is 1. The second-order valence-electron chi connectivity index (χ2n) is 7.93. The van der Waals surface area contributed by atoms with E-state index in [9.17, 15) is 13.2 Å². The van der Waals surface area contributed by atoms with Crippen LogP contribution in [0.15, 0.2) is 35.5 Å². The standard InChI is InChI=1S/C20H28ClN7O3S.ClH/c1-24-9-10-27(2)18(29)20(7-3-4-8-20)26-32(30,31)15-5-6-16-14(11-15)12-25-13-17(16)28(21)19(22)23;/h5-6,11-13,24,26H,3-4,7-10H2,1-2H3,(H3,22,23);1H. The summed E-state index contributed by atoms with van der Waals surface area (Å²) in [5.41, 5.74) is 4.66. The summed E-state index contributed by atoms with van der Waals surface area (Å²) in [6, 6.07) is 4.50. The third kappa shape index (κ3) is 5.67. The van der Waals surface area contributed by atoms with Crippen LogP contribution >= 0.6 is 24.2 Å². The van der Waals surface area contributed by atoms with E-state index >= 15 is 0 Å². The van der Waals surface area contributed by atoms with Crippen LogP contribution in [0, 0.1) is 5.41 Å². The fourth-order valence-corrected chi connectivity index (χ4v) is 5.58. The number of pyridine rings is 1. The third-order valence-corrected chi connectivity index (χ3v) is 7.58. The molecular formula is C20H29Cl2N7O3S. The van der Waals surface area contributed by atoms with Gasteiger partial charge in [0.05, 0.1) is 16.8 Å². The van der Waals surface area contributed by atoms with Crippen LogP contribution in [0.3, 0.4) is 0 Å². The molecule has 10 nitrogen and oxygen atoms in total. The van der Waals surface area contributed by atoms with Crippen LogP contribution < -0.4 is 20.2 Å². The largest absolute Gasteiger partial charge is 0.369 e. The van der Waals surface area contributed by atoms with Crippen LogP contribution in [0.5, 0.6) is 0 Å². The molecule has 5 N–H and O–H groups in total. The highest BCUT2D eigenvalue weighted by Gasteiger charge is 2.45. The molecule has 1 aliphatic rings. The molecule has 1 aromatic carbocycles. The monoisotopic (exact) mass is 517 g/mol. The molecule has 0 bridgehead atoms. The molecule has 0 aliphatic heterocycles. The highest BCUT2D eigenvalue weighted by Crippen LogP contribution is 2.34. The molecule has 33 heavy (non-hydrogen) atoms. The molecule has 0 atom stereocenters. The Morgan fingerprint density at radius 1 is 1.30 bits per heavy atom. The summed E-state index contributed by atoms with van der Waals surface area (Å²) in [6.45, 7) is 1.09. The number of carbonyl (C=O) groups excluding carboxylic acids is 1. The maximum Gasteiger partial charge on any atom is 0.243 e. The van der Waals surface area contributed by atoms with Gasteiger partial charge in [-0.15, -0.1) is 12.4 Å². The van der Waals surface area contributed by atoms with Crippen molar-refractivity contribution in [3.8, 4) is 0 Å². The van der Waals surface area contributed by atoms with E-state index in [0.29, 0.717) is 42.4 Å². The molecule has 1 saturated carbocycles. The number of carbonyl (C=O) groups is 1. The Balaban J connectivity index is 0.00000385. The van der Waals surface area contributed by atoms with E-state index in [4.69, 9.17) is 22.9 Å². The van der Waals surface area contributed by atoms with Gasteiger partial charge in [-0.2, -0.15) is 4.72 Å². The van der Waals surface area contributed by atoms with Crippen molar-refractivity contribution in [3.05, 3.63) is 30.6 Å². The molecule has 13 heteroatoms. The number of likely N-dealkylation sites (N-methyl/N-ethyl adjacent to an activating group) is 2. The van der Waals surface area contributed by atoms with Crippen molar-refractivity contribution < 1.29 is 13.2 Å². The lowest BCUT2D eigenvalue weighted by molar-refractivity contribution is -0.136. The van der Waals surface area contributed by atoms with E-state index in [1.807, 2.05) is 0 Å². The molecule has 1 heterocycles. The average Bonchev–Trinajstić information content (AvgIpc) is 3.24. The van der Waals surface area contributed by atoms with Gasteiger partial charge < -0.3 is 16.0 Å². The first kappa shape index (κ1) is 27.1. The SMILES string of the molecule is CNCCN(C)C(=O)C1(NS(=O)(=O)c2ccc3c(N(Cl)C(=N)N)cncc3c2)CCCC1.Cl. The Bertz CT molecular complexity index is 1120. The van der Waals surface area contributed by atoms with E-state index in [0.717, 1.165) is 17.3 Å². The van der Waals surface area contributed by atoms with Crippen molar-refractivity contribution in [2.45, 2.75) is 36.1 Å². The molecule has 1 aliphatic carbocycles. The first-order valence-electron chi connectivity index (χ1n) is 10.2. The average molecular weight is 518 g/mol. The van der Waals surface area contributed by atoms with Gasteiger partial charge in [0.15, 0.2) is 0 Å². The summed E-state index contributed by atoms with van der Waals surface area (Å²) >= 11 is 6.05. The first-order valence-corrected chi connectivity index (χ1v) is 12.1. The molecule has 1 fully saturated rings. The number of halogens is 2. The maximum absolute atomic E-state index is 13.3. The lowest BCUT2D eigenvalue weighted by Crippen LogP contribution is -2.57. The second kappa shape index (κ2) is 10.8. The number of guanidine groups is 1. The molecule has 0 radical (unpaired) electrons. The lowest BCUT2D eigenvalue weighted by Gasteiger charge is -2.33. The topological polar surface area (TPSA) is 145 Å². The van der Waals surface area contributed by atoms with Gasteiger partial charge in [-0.1, -0.05) is 18.9 Å². The quantitative estimate of drug-likeness (QED) is 0.237. The number of amides is 1. The molecule has 0 unspecified atom stereocenters. The Morgan fingerprint density at radius 3 is 2.58 bits per heavy atom. The highest BCUT2D eigenvalue weighted by atomic mass is 35.5. The molecule has 1 amide bonds. The molecule has 2 aromatic rings. The normalized spacial score (nSPS) is 15.1. The third-order valence-electron chi connectivity index (χ3n) is 5.68. The molecule has 0 saturated heterocycles. The van der Waals surface area contributed by atoms with Crippen LogP contribution in [-0.4, -0.2) is 62.9 Å². The van der Waals surface area contributed by atoms with Gasteiger partial charge >= 0.3 is 0 Å². The predicted molar refractivity (Wildman–Crippen MR) is 132 cm³/mol. The minimum atomic E-state index is -4.00. The van der Waals surface area contributed by atoms with Crippen LogP contribution in [0.4, 0.5) is 5.69 Å². The lowest BCUT2D eigenvalue weighted by atomic mass is 9.97. The number of nitrogens with zero attached hydrogens (tertiary/aromatic N) is 3. The summed E-state index contributed by atoms with van der Waals surface area (Å²) < 4.78 is 30.3. The number of rotatable bonds is 8. The van der Waals surface area contributed by atoms with Crippen molar-refractivity contribution in [1.82, 2.24) is 19.9 Å². The van der Waals surface area contributed by atoms with Crippen molar-refractivity contribution in [1.29, 1.82) is 5.41 Å². The minimum absolute atomic E-state index is 0. The number of sulfonamides is 1. The van der Waals surface area contributed by atoms with Crippen LogP contribution in [0.25, 0.3) is 10.8 Å². The van der Waals surface area contributed by atoms with Crippen molar-refractivity contribution >= 4 is 62.5 Å². The van der Waals surface area contributed by atoms with Gasteiger partial charge in [-0.05, 0) is 32.0 Å². The van der Waals surface area contributed by atoms with Gasteiger partial charge in [-0.3, -0.25) is 15.2 Å². The number of benzene rings is 1. The van der Waals surface area contributed by atoms with Crippen LogP contribution in [-0.2, 0) is 14.8 Å². The van der Waals surface area contributed by atoms with Gasteiger partial charge in [0.2, 0.25) is 21.9 Å². The molecule has 0 spiro atoms. The van der Waals surface area contributed by atoms with Crippen molar-refractivity contribution in [2.75, 3.05) is 31.6 Å². The summed E-state index contributed by atoms with van der Waals surface area (Å²) in [5.74, 6) is -0.610. The fourth-order valence-electron chi connectivity index (χ4n) is 3.99. The Morgan fingerprint density at radius 2 is 1.97 bits per heavy atom. The zero-order chi connectivity index (χ0) is 23.5. The smallest absolute Gasteiger partial charge is 0.243 e. The Kier molecular flexibility index (Phi) is 8.88. The zero-order valence-corrected chi connectivity index (χ0v) is 20.9. The molecular weight excluding hydrogens is 489 g/mol. The van der Waals surface area contributed by atoms with E-state index in [-0.39, 0.29) is 29.2 Å². The van der Waals surface area contributed by atoms with Crippen LogP contribution in [0.2, 0.25) is 0 Å². The number of aromatic nitrogens is 1. The van der Waals surface area contributed by atoms with Crippen LogP contribution in [0.1, 0.15) is 25.7 Å². The molecule has 3 rings (SSSR count). The second-order valence-corrected chi connectivity index (χ2v) is 9.95. The minimum Gasteiger partial charge on any atom is -0.369 e. The molecule has 182 valence electrons. The predicted octanol–water partition coefficient (Wildman–Crippen LogP) is 1.78. The number of fused-ring (bicyclic) bond motifs is 1. The van der Waals surface area contributed by atoms with E-state index < -0.39 is 15.6 Å². The number of anilines is 1. The van der Waals surface area contributed by atoms with Gasteiger partial charge in [0.25, 0.3) is 0 Å². The first-order chi connectivity index (χ1) is 15.1. The highest BCUT2D eigenvalue weighted by molar-refractivity contribution is 7.89. The van der Waals surface area contributed by atoms with E-state index in [1.54, 1.807) is 25.1 Å². The number of hydrogen-bond acceptors (Lipinski definition) is 6. The summed E-state index contributed by atoms with van der Waals surface area (Å²) in [7, 11) is -0.514. The number of hydrogen-bond donors (Lipinski definition) is 4. The Labute approximate surface area is 204 Å². The van der Waals surface area contributed by atoms with Crippen molar-refractivity contribution in [3.63, 3.8) is 0 Å². The zero-order valence-electron chi connectivity index (χ0n) is 18.5. The van der Waals surface area contributed by atoms with Gasteiger partial charge in [0, 0.05) is 48.9 Å². The fraction of sp³-hybridized carbons (Fsp3) is 0.450. The summed E-state index contributed by atoms with van der Waals surface area (Å²) in [4.78, 5) is 18.8. The van der Waals surface area contributed by atoms with Gasteiger partial charge in [-0.25, -0.2) is 12.8 Å². The molecule has 1 aromatic heterocycles. The Hall–Kier alpha value is -2.18. The summed E-state index contributed by atoms with van der Waals surface area (Å²) in [5, 5.41) is 11.6. The summed E-state index contributed by atoms with van der Waals surface area (Å²) in [6.07, 6.45) is 5.40.